The molecule has 0 amide bonds. The van der Waals surface area contributed by atoms with Gasteiger partial charge in [0.1, 0.15) is 5.75 Å². The number of carbonyl (C=O) groups excluding carboxylic acids is 1. The zero-order valence-electron chi connectivity index (χ0n) is 10.4. The maximum atomic E-state index is 12.3. The highest BCUT2D eigenvalue weighted by Crippen LogP contribution is 2.18. The van der Waals surface area contributed by atoms with Crippen molar-refractivity contribution in [2.45, 2.75) is 0 Å². The largest absolute Gasteiger partial charge is 0.468 e. The number of ketones is 1. The summed E-state index contributed by atoms with van der Waals surface area (Å²) in [6.07, 6.45) is 0. The third-order valence-corrected chi connectivity index (χ3v) is 2.80. The summed E-state index contributed by atoms with van der Waals surface area (Å²) in [4.78, 5) is 12.3. The van der Waals surface area contributed by atoms with Crippen molar-refractivity contribution in [3.63, 3.8) is 0 Å². The number of hydrogen-bond acceptors (Lipinski definition) is 3. The molecule has 98 valence electrons. The van der Waals surface area contributed by atoms with Crippen LogP contribution in [0.4, 0.5) is 0 Å². The second-order valence-corrected chi connectivity index (χ2v) is 4.35. The fourth-order valence-corrected chi connectivity index (χ4v) is 1.75. The maximum Gasteiger partial charge on any atom is 0.193 e. The molecule has 0 bridgehead atoms. The minimum absolute atomic E-state index is 0.0699. The van der Waals surface area contributed by atoms with Crippen molar-refractivity contribution in [1.29, 1.82) is 0 Å². The molecule has 0 aliphatic rings. The summed E-state index contributed by atoms with van der Waals surface area (Å²) in [5.74, 6) is 0.529. The summed E-state index contributed by atoms with van der Waals surface area (Å²) in [7, 11) is 1.54. The Balaban J connectivity index is 2.21. The molecule has 0 atom stereocenters. The monoisotopic (exact) mass is 276 g/mol. The normalized spacial score (nSPS) is 10.2. The molecule has 0 saturated heterocycles. The van der Waals surface area contributed by atoms with Gasteiger partial charge in [-0.3, -0.25) is 4.79 Å². The Morgan fingerprint density at radius 2 is 1.84 bits per heavy atom. The van der Waals surface area contributed by atoms with Gasteiger partial charge in [0, 0.05) is 23.3 Å². The van der Waals surface area contributed by atoms with Crippen LogP contribution in [0.1, 0.15) is 15.9 Å². The van der Waals surface area contributed by atoms with Crippen molar-refractivity contribution < 1.29 is 14.3 Å². The maximum absolute atomic E-state index is 12.3. The summed E-state index contributed by atoms with van der Waals surface area (Å²) < 4.78 is 10.1. The standard InChI is InChI=1S/C15H13ClO3/c1-18-10-19-14-4-2-3-12(9-14)15(17)11-5-7-13(16)8-6-11/h2-9H,10H2,1H3. The highest BCUT2D eigenvalue weighted by Gasteiger charge is 2.09. The topological polar surface area (TPSA) is 35.5 Å². The molecule has 0 aliphatic heterocycles. The van der Waals surface area contributed by atoms with Crippen LogP contribution in [-0.4, -0.2) is 19.7 Å². The average molecular weight is 277 g/mol. The van der Waals surface area contributed by atoms with Gasteiger partial charge in [0.25, 0.3) is 0 Å². The fraction of sp³-hybridized carbons (Fsp3) is 0.133. The molecule has 0 saturated carbocycles. The van der Waals surface area contributed by atoms with Crippen LogP contribution in [0.5, 0.6) is 5.75 Å². The lowest BCUT2D eigenvalue weighted by atomic mass is 10.0. The molecule has 0 fully saturated rings. The Morgan fingerprint density at radius 1 is 1.11 bits per heavy atom. The molecule has 2 aromatic carbocycles. The Hall–Kier alpha value is -1.84. The molecule has 0 N–H and O–H groups in total. The van der Waals surface area contributed by atoms with Crippen LogP contribution in [0.2, 0.25) is 5.02 Å². The number of carbonyl (C=O) groups is 1. The van der Waals surface area contributed by atoms with Crippen molar-refractivity contribution in [2.24, 2.45) is 0 Å². The molecule has 0 spiro atoms. The van der Waals surface area contributed by atoms with E-state index in [0.717, 1.165) is 0 Å². The van der Waals surface area contributed by atoms with E-state index in [2.05, 4.69) is 0 Å². The van der Waals surface area contributed by atoms with E-state index in [0.29, 0.717) is 21.9 Å². The van der Waals surface area contributed by atoms with Gasteiger partial charge in [-0.1, -0.05) is 23.7 Å². The summed E-state index contributed by atoms with van der Waals surface area (Å²) >= 11 is 5.80. The first-order chi connectivity index (χ1) is 9.20. The van der Waals surface area contributed by atoms with E-state index in [1.54, 1.807) is 55.6 Å². The van der Waals surface area contributed by atoms with E-state index in [4.69, 9.17) is 21.1 Å². The lowest BCUT2D eigenvalue weighted by Crippen LogP contribution is -2.03. The molecule has 19 heavy (non-hydrogen) atoms. The molecule has 2 rings (SSSR count). The first-order valence-electron chi connectivity index (χ1n) is 5.73. The van der Waals surface area contributed by atoms with E-state index < -0.39 is 0 Å². The summed E-state index contributed by atoms with van der Waals surface area (Å²) in [5, 5.41) is 0.605. The van der Waals surface area contributed by atoms with Crippen LogP contribution in [0.3, 0.4) is 0 Å². The third-order valence-electron chi connectivity index (χ3n) is 2.55. The second-order valence-electron chi connectivity index (χ2n) is 3.91. The Kier molecular flexibility index (Phi) is 4.55. The predicted octanol–water partition coefficient (Wildman–Crippen LogP) is 3.55. The minimum Gasteiger partial charge on any atom is -0.468 e. The zero-order valence-corrected chi connectivity index (χ0v) is 11.2. The van der Waals surface area contributed by atoms with Gasteiger partial charge in [-0.25, -0.2) is 0 Å². The van der Waals surface area contributed by atoms with E-state index in [-0.39, 0.29) is 12.6 Å². The molecule has 0 aromatic heterocycles. The summed E-state index contributed by atoms with van der Waals surface area (Å²) in [6, 6.07) is 13.8. The van der Waals surface area contributed by atoms with Gasteiger partial charge in [0.2, 0.25) is 0 Å². The van der Waals surface area contributed by atoms with Gasteiger partial charge in [-0.05, 0) is 36.4 Å². The SMILES string of the molecule is COCOc1cccc(C(=O)c2ccc(Cl)cc2)c1. The molecule has 3 nitrogen and oxygen atoms in total. The van der Waals surface area contributed by atoms with Gasteiger partial charge >= 0.3 is 0 Å². The Labute approximate surface area is 116 Å². The predicted molar refractivity (Wildman–Crippen MR) is 73.8 cm³/mol. The average Bonchev–Trinajstić information content (AvgIpc) is 2.45. The number of methoxy groups -OCH3 is 1. The van der Waals surface area contributed by atoms with Crippen molar-refractivity contribution in [1.82, 2.24) is 0 Å². The van der Waals surface area contributed by atoms with E-state index >= 15 is 0 Å². The molecular formula is C15H13ClO3. The zero-order chi connectivity index (χ0) is 13.7. The third kappa shape index (κ3) is 3.56. The highest BCUT2D eigenvalue weighted by atomic mass is 35.5. The van der Waals surface area contributed by atoms with Gasteiger partial charge in [0.15, 0.2) is 12.6 Å². The van der Waals surface area contributed by atoms with Crippen molar-refractivity contribution in [3.05, 3.63) is 64.7 Å². The Bertz CT molecular complexity index is 564. The van der Waals surface area contributed by atoms with Gasteiger partial charge in [0.05, 0.1) is 0 Å². The van der Waals surface area contributed by atoms with Crippen LogP contribution in [0.25, 0.3) is 0 Å². The Morgan fingerprint density at radius 3 is 2.53 bits per heavy atom. The van der Waals surface area contributed by atoms with Crippen molar-refractivity contribution in [2.75, 3.05) is 13.9 Å². The molecule has 2 aromatic rings. The van der Waals surface area contributed by atoms with Crippen LogP contribution in [-0.2, 0) is 4.74 Å². The molecular weight excluding hydrogens is 264 g/mol. The highest BCUT2D eigenvalue weighted by molar-refractivity contribution is 6.30. The molecule has 0 heterocycles. The minimum atomic E-state index is -0.0699. The number of benzene rings is 2. The molecule has 0 unspecified atom stereocenters. The molecule has 0 radical (unpaired) electrons. The van der Waals surface area contributed by atoms with E-state index in [9.17, 15) is 4.79 Å². The van der Waals surface area contributed by atoms with Crippen LogP contribution < -0.4 is 4.74 Å². The molecule has 0 aliphatic carbocycles. The number of hydrogen-bond donors (Lipinski definition) is 0. The second kappa shape index (κ2) is 6.36. The van der Waals surface area contributed by atoms with Crippen molar-refractivity contribution >= 4 is 17.4 Å². The quantitative estimate of drug-likeness (QED) is 0.619. The summed E-state index contributed by atoms with van der Waals surface area (Å²) in [5.41, 5.74) is 1.16. The first-order valence-corrected chi connectivity index (χ1v) is 6.10. The lowest BCUT2D eigenvalue weighted by molar-refractivity contribution is 0.0510. The van der Waals surface area contributed by atoms with Crippen molar-refractivity contribution in [3.8, 4) is 5.75 Å². The van der Waals surface area contributed by atoms with Crippen LogP contribution >= 0.6 is 11.6 Å². The number of rotatable bonds is 5. The molecule has 4 heteroatoms. The van der Waals surface area contributed by atoms with E-state index in [1.165, 1.54) is 0 Å². The van der Waals surface area contributed by atoms with Gasteiger partial charge in [-0.2, -0.15) is 0 Å². The smallest absolute Gasteiger partial charge is 0.193 e. The van der Waals surface area contributed by atoms with Crippen LogP contribution in [0.15, 0.2) is 48.5 Å². The van der Waals surface area contributed by atoms with E-state index in [1.807, 2.05) is 0 Å². The number of halogens is 1. The van der Waals surface area contributed by atoms with Crippen LogP contribution in [0, 0.1) is 0 Å². The summed E-state index contributed by atoms with van der Waals surface area (Å²) in [6.45, 7) is 0.151. The van der Waals surface area contributed by atoms with Gasteiger partial charge in [-0.15, -0.1) is 0 Å². The van der Waals surface area contributed by atoms with Gasteiger partial charge < -0.3 is 9.47 Å². The lowest BCUT2D eigenvalue weighted by Gasteiger charge is -2.06. The number of ether oxygens (including phenoxy) is 2. The fourth-order valence-electron chi connectivity index (χ4n) is 1.62. The first kappa shape index (κ1) is 13.6.